The molecular weight excluding hydrogens is 524 g/mol. The lowest BCUT2D eigenvalue weighted by Crippen LogP contribution is -2.50. The highest BCUT2D eigenvalue weighted by Crippen LogP contribution is 2.41. The lowest BCUT2D eigenvalue weighted by atomic mass is 10.0. The SMILES string of the molecule is CC(C)CNC(=O)[C@H](C)NC[C@H](Cc1ccccc1)NC(=O)c1cc(CCC2C[C@@H]2C)cc(N(C)S(C)(=O)=O)c1. The van der Waals surface area contributed by atoms with Gasteiger partial charge in [0.15, 0.2) is 0 Å². The van der Waals surface area contributed by atoms with Crippen LogP contribution in [0, 0.1) is 17.8 Å². The quantitative estimate of drug-likeness (QED) is 0.302. The fourth-order valence-electron chi connectivity index (χ4n) is 4.69. The summed E-state index contributed by atoms with van der Waals surface area (Å²) >= 11 is 0. The van der Waals surface area contributed by atoms with Crippen LogP contribution in [0.1, 0.15) is 62.0 Å². The number of carbonyl (C=O) groups excluding carboxylic acids is 2. The molecule has 220 valence electrons. The Morgan fingerprint density at radius 1 is 1.02 bits per heavy atom. The molecule has 0 aromatic heterocycles. The Kier molecular flexibility index (Phi) is 11.2. The van der Waals surface area contributed by atoms with E-state index in [1.165, 1.54) is 17.8 Å². The van der Waals surface area contributed by atoms with Crippen molar-refractivity contribution in [2.24, 2.45) is 17.8 Å². The highest BCUT2D eigenvalue weighted by Gasteiger charge is 2.31. The molecule has 9 heteroatoms. The van der Waals surface area contributed by atoms with Gasteiger partial charge in [-0.2, -0.15) is 0 Å². The summed E-state index contributed by atoms with van der Waals surface area (Å²) in [5, 5.41) is 9.36. The molecule has 1 aliphatic carbocycles. The number of hydrogen-bond acceptors (Lipinski definition) is 5. The maximum Gasteiger partial charge on any atom is 0.251 e. The third-order valence-electron chi connectivity index (χ3n) is 7.59. The van der Waals surface area contributed by atoms with E-state index in [0.29, 0.717) is 42.6 Å². The minimum atomic E-state index is -3.49. The molecule has 0 radical (unpaired) electrons. The zero-order valence-electron chi connectivity index (χ0n) is 24.7. The second-order valence-electron chi connectivity index (χ2n) is 11.8. The molecular formula is C31H46N4O4S. The molecule has 40 heavy (non-hydrogen) atoms. The molecule has 1 unspecified atom stereocenters. The monoisotopic (exact) mass is 570 g/mol. The maximum absolute atomic E-state index is 13.6. The van der Waals surface area contributed by atoms with Gasteiger partial charge < -0.3 is 16.0 Å². The molecule has 0 saturated heterocycles. The first kappa shape index (κ1) is 31.6. The van der Waals surface area contributed by atoms with E-state index in [1.54, 1.807) is 6.07 Å². The van der Waals surface area contributed by atoms with Crippen LogP contribution in [0.25, 0.3) is 0 Å². The number of aryl methyl sites for hydroxylation is 1. The predicted molar refractivity (Wildman–Crippen MR) is 162 cm³/mol. The van der Waals surface area contributed by atoms with E-state index >= 15 is 0 Å². The van der Waals surface area contributed by atoms with Crippen LogP contribution in [-0.4, -0.2) is 58.7 Å². The normalized spacial score (nSPS) is 18.2. The minimum Gasteiger partial charge on any atom is -0.354 e. The summed E-state index contributed by atoms with van der Waals surface area (Å²) < 4.78 is 25.8. The molecule has 1 fully saturated rings. The van der Waals surface area contributed by atoms with E-state index in [4.69, 9.17) is 0 Å². The van der Waals surface area contributed by atoms with Crippen LogP contribution < -0.4 is 20.3 Å². The lowest BCUT2D eigenvalue weighted by Gasteiger charge is -2.23. The van der Waals surface area contributed by atoms with Crippen LogP contribution in [0.15, 0.2) is 48.5 Å². The summed E-state index contributed by atoms with van der Waals surface area (Å²) in [7, 11) is -1.98. The molecule has 0 aliphatic heterocycles. The number of nitrogens with one attached hydrogen (secondary N) is 3. The topological polar surface area (TPSA) is 108 Å². The van der Waals surface area contributed by atoms with E-state index in [-0.39, 0.29) is 17.9 Å². The molecule has 1 saturated carbocycles. The smallest absolute Gasteiger partial charge is 0.251 e. The van der Waals surface area contributed by atoms with Crippen LogP contribution in [0.3, 0.4) is 0 Å². The van der Waals surface area contributed by atoms with Crippen LogP contribution >= 0.6 is 0 Å². The highest BCUT2D eigenvalue weighted by molar-refractivity contribution is 7.92. The van der Waals surface area contributed by atoms with Gasteiger partial charge in [0.2, 0.25) is 15.9 Å². The summed E-state index contributed by atoms with van der Waals surface area (Å²) in [4.78, 5) is 26.1. The molecule has 4 atom stereocenters. The van der Waals surface area contributed by atoms with Crippen molar-refractivity contribution in [3.05, 3.63) is 65.2 Å². The number of benzene rings is 2. The molecule has 0 heterocycles. The average Bonchev–Trinajstić information content (AvgIpc) is 3.62. The molecule has 2 amide bonds. The molecule has 8 nitrogen and oxygen atoms in total. The maximum atomic E-state index is 13.6. The third-order valence-corrected chi connectivity index (χ3v) is 8.79. The van der Waals surface area contributed by atoms with Gasteiger partial charge >= 0.3 is 0 Å². The number of carbonyl (C=O) groups is 2. The van der Waals surface area contributed by atoms with Crippen molar-refractivity contribution >= 4 is 27.5 Å². The Morgan fingerprint density at radius 2 is 1.70 bits per heavy atom. The van der Waals surface area contributed by atoms with Gasteiger partial charge in [-0.25, -0.2) is 8.42 Å². The van der Waals surface area contributed by atoms with Gasteiger partial charge in [0.25, 0.3) is 5.91 Å². The number of rotatable bonds is 15. The van der Waals surface area contributed by atoms with E-state index in [0.717, 1.165) is 36.1 Å². The molecule has 3 N–H and O–H groups in total. The molecule has 2 aromatic carbocycles. The summed E-state index contributed by atoms with van der Waals surface area (Å²) in [5.74, 6) is 1.42. The van der Waals surface area contributed by atoms with Gasteiger partial charge in [0.05, 0.1) is 18.0 Å². The van der Waals surface area contributed by atoms with Gasteiger partial charge in [-0.05, 0) is 79.7 Å². The number of hydrogen-bond donors (Lipinski definition) is 3. The zero-order valence-corrected chi connectivity index (χ0v) is 25.6. The van der Waals surface area contributed by atoms with Crippen molar-refractivity contribution in [1.29, 1.82) is 0 Å². The second-order valence-corrected chi connectivity index (χ2v) is 13.8. The highest BCUT2D eigenvalue weighted by atomic mass is 32.2. The Morgan fingerprint density at radius 3 is 2.30 bits per heavy atom. The van der Waals surface area contributed by atoms with Crippen molar-refractivity contribution in [2.45, 2.75) is 65.5 Å². The second kappa shape index (κ2) is 14.1. The molecule has 3 rings (SSSR count). The Balaban J connectivity index is 1.78. The Bertz CT molecular complexity index is 1250. The fourth-order valence-corrected chi connectivity index (χ4v) is 5.18. The first-order valence-corrected chi connectivity index (χ1v) is 16.1. The van der Waals surface area contributed by atoms with Gasteiger partial charge in [-0.1, -0.05) is 51.1 Å². The van der Waals surface area contributed by atoms with Crippen LogP contribution in [-0.2, 0) is 27.7 Å². The van der Waals surface area contributed by atoms with E-state index in [2.05, 4.69) is 22.9 Å². The number of sulfonamides is 1. The predicted octanol–water partition coefficient (Wildman–Crippen LogP) is 3.76. The summed E-state index contributed by atoms with van der Waals surface area (Å²) in [6.45, 7) is 9.15. The van der Waals surface area contributed by atoms with Crippen LogP contribution in [0.2, 0.25) is 0 Å². The minimum absolute atomic E-state index is 0.0791. The molecule has 0 spiro atoms. The summed E-state index contributed by atoms with van der Waals surface area (Å²) in [6.07, 6.45) is 4.77. The number of nitrogens with zero attached hydrogens (tertiary/aromatic N) is 1. The molecule has 0 bridgehead atoms. The van der Waals surface area contributed by atoms with Crippen molar-refractivity contribution in [3.63, 3.8) is 0 Å². The van der Waals surface area contributed by atoms with Crippen LogP contribution in [0.5, 0.6) is 0 Å². The van der Waals surface area contributed by atoms with Crippen molar-refractivity contribution in [3.8, 4) is 0 Å². The van der Waals surface area contributed by atoms with Crippen molar-refractivity contribution < 1.29 is 18.0 Å². The van der Waals surface area contributed by atoms with Gasteiger partial charge in [-0.15, -0.1) is 0 Å². The zero-order chi connectivity index (χ0) is 29.4. The number of anilines is 1. The molecule has 1 aliphatic rings. The molecule has 2 aromatic rings. The first-order chi connectivity index (χ1) is 18.8. The average molecular weight is 571 g/mol. The van der Waals surface area contributed by atoms with Gasteiger partial charge in [0.1, 0.15) is 0 Å². The first-order valence-electron chi connectivity index (χ1n) is 14.3. The van der Waals surface area contributed by atoms with Crippen molar-refractivity contribution in [1.82, 2.24) is 16.0 Å². The van der Waals surface area contributed by atoms with Crippen LogP contribution in [0.4, 0.5) is 5.69 Å². The summed E-state index contributed by atoms with van der Waals surface area (Å²) in [5.41, 5.74) is 2.91. The largest absolute Gasteiger partial charge is 0.354 e. The van der Waals surface area contributed by atoms with E-state index in [1.807, 2.05) is 63.2 Å². The standard InChI is InChI=1S/C31H46N4O4S/c1-21(2)19-33-30(36)23(4)32-20-28(16-24-10-8-7-9-11-24)34-31(37)27-15-25(12-13-26-14-22(26)3)17-29(18-27)35(5)40(6,38)39/h7-11,15,17-18,21-23,26,28,32H,12-14,16,19-20H2,1-6H3,(H,33,36)(H,34,37)/t22-,23-,26?,28-/m0/s1. The van der Waals surface area contributed by atoms with Crippen molar-refractivity contribution in [2.75, 3.05) is 30.7 Å². The van der Waals surface area contributed by atoms with E-state index in [9.17, 15) is 18.0 Å². The lowest BCUT2D eigenvalue weighted by molar-refractivity contribution is -0.122. The third kappa shape index (κ3) is 9.93. The van der Waals surface area contributed by atoms with Gasteiger partial charge in [-0.3, -0.25) is 13.9 Å². The fraction of sp³-hybridized carbons (Fsp3) is 0.548. The van der Waals surface area contributed by atoms with E-state index < -0.39 is 16.1 Å². The Labute approximate surface area is 240 Å². The Hall–Kier alpha value is -2.91. The number of amides is 2. The van der Waals surface area contributed by atoms with Gasteiger partial charge in [0, 0.05) is 31.7 Å². The summed E-state index contributed by atoms with van der Waals surface area (Å²) in [6, 6.07) is 14.6.